The van der Waals surface area contributed by atoms with Crippen LogP contribution in [0.5, 0.6) is 0 Å². The standard InChI is InChI=1S/C11H8BrF2N3O/c12-11-15-10-9(18)4-8(17(10)16-11)6-3-5(13)1-2-7(6)14/h1-3,8-9,18H,4H2. The summed E-state index contributed by atoms with van der Waals surface area (Å²) in [5.74, 6) is -0.683. The van der Waals surface area contributed by atoms with Crippen LogP contribution in [0.2, 0.25) is 0 Å². The van der Waals surface area contributed by atoms with Crippen molar-refractivity contribution in [3.63, 3.8) is 0 Å². The second-order valence-electron chi connectivity index (χ2n) is 4.12. The van der Waals surface area contributed by atoms with E-state index in [1.807, 2.05) is 0 Å². The van der Waals surface area contributed by atoms with Gasteiger partial charge in [-0.2, -0.15) is 0 Å². The lowest BCUT2D eigenvalue weighted by atomic mass is 10.0. The second-order valence-corrected chi connectivity index (χ2v) is 4.83. The summed E-state index contributed by atoms with van der Waals surface area (Å²) in [6.07, 6.45) is -0.584. The molecule has 2 atom stereocenters. The summed E-state index contributed by atoms with van der Waals surface area (Å²) in [5.41, 5.74) is 0.171. The van der Waals surface area contributed by atoms with Crippen LogP contribution >= 0.6 is 15.9 Å². The van der Waals surface area contributed by atoms with E-state index in [1.54, 1.807) is 0 Å². The summed E-state index contributed by atoms with van der Waals surface area (Å²) in [6, 6.07) is 2.71. The van der Waals surface area contributed by atoms with Crippen LogP contribution in [0.15, 0.2) is 22.9 Å². The van der Waals surface area contributed by atoms with Gasteiger partial charge in [0.2, 0.25) is 4.73 Å². The van der Waals surface area contributed by atoms with Gasteiger partial charge in [-0.15, -0.1) is 5.10 Å². The Hall–Kier alpha value is -1.34. The molecular weight excluding hydrogens is 308 g/mol. The minimum atomic E-state index is -0.823. The van der Waals surface area contributed by atoms with Gasteiger partial charge >= 0.3 is 0 Å². The zero-order valence-electron chi connectivity index (χ0n) is 9.02. The Morgan fingerprint density at radius 3 is 2.94 bits per heavy atom. The number of aliphatic hydroxyl groups excluding tert-OH is 1. The Bertz CT molecular complexity index is 616. The second kappa shape index (κ2) is 4.10. The van der Waals surface area contributed by atoms with Crippen LogP contribution in [-0.4, -0.2) is 19.9 Å². The van der Waals surface area contributed by atoms with Crippen LogP contribution in [0, 0.1) is 11.6 Å². The van der Waals surface area contributed by atoms with E-state index in [1.165, 1.54) is 4.68 Å². The van der Waals surface area contributed by atoms with E-state index < -0.39 is 23.8 Å². The fraction of sp³-hybridized carbons (Fsp3) is 0.273. The smallest absolute Gasteiger partial charge is 0.217 e. The Labute approximate surface area is 109 Å². The average Bonchev–Trinajstić information content (AvgIpc) is 2.82. The number of fused-ring (bicyclic) bond motifs is 1. The van der Waals surface area contributed by atoms with Crippen molar-refractivity contribution >= 4 is 15.9 Å². The van der Waals surface area contributed by atoms with E-state index in [4.69, 9.17) is 0 Å². The third kappa shape index (κ3) is 1.74. The van der Waals surface area contributed by atoms with E-state index in [0.29, 0.717) is 10.6 Å². The van der Waals surface area contributed by atoms with Gasteiger partial charge in [-0.25, -0.2) is 18.4 Å². The molecule has 4 nitrogen and oxygen atoms in total. The topological polar surface area (TPSA) is 50.9 Å². The molecule has 0 fully saturated rings. The lowest BCUT2D eigenvalue weighted by Gasteiger charge is -2.12. The quantitative estimate of drug-likeness (QED) is 0.879. The maximum absolute atomic E-state index is 13.7. The lowest BCUT2D eigenvalue weighted by Crippen LogP contribution is -2.09. The highest BCUT2D eigenvalue weighted by molar-refractivity contribution is 9.10. The van der Waals surface area contributed by atoms with E-state index >= 15 is 0 Å². The largest absolute Gasteiger partial charge is 0.385 e. The van der Waals surface area contributed by atoms with Gasteiger partial charge in [-0.3, -0.25) is 0 Å². The molecular formula is C11H8BrF2N3O. The molecule has 0 saturated carbocycles. The predicted octanol–water partition coefficient (Wildman–Crippen LogP) is 2.35. The first-order valence-electron chi connectivity index (χ1n) is 5.31. The fourth-order valence-corrected chi connectivity index (χ4v) is 2.56. The molecule has 2 aromatic rings. The third-order valence-corrected chi connectivity index (χ3v) is 3.32. The van der Waals surface area contributed by atoms with Crippen molar-refractivity contribution in [2.24, 2.45) is 0 Å². The van der Waals surface area contributed by atoms with Crippen molar-refractivity contribution in [2.75, 3.05) is 0 Å². The Balaban J connectivity index is 2.11. The number of halogens is 3. The molecule has 0 radical (unpaired) electrons. The van der Waals surface area contributed by atoms with Crippen molar-refractivity contribution in [1.82, 2.24) is 14.8 Å². The molecule has 0 saturated heterocycles. The monoisotopic (exact) mass is 315 g/mol. The van der Waals surface area contributed by atoms with Crippen LogP contribution in [0.25, 0.3) is 0 Å². The normalized spacial score (nSPS) is 22.2. The molecule has 1 aromatic heterocycles. The molecule has 2 unspecified atom stereocenters. The van der Waals surface area contributed by atoms with Crippen LogP contribution in [-0.2, 0) is 0 Å². The molecule has 94 valence electrons. The van der Waals surface area contributed by atoms with E-state index in [2.05, 4.69) is 26.0 Å². The maximum Gasteiger partial charge on any atom is 0.217 e. The van der Waals surface area contributed by atoms with Crippen molar-refractivity contribution in [3.05, 3.63) is 46.0 Å². The van der Waals surface area contributed by atoms with E-state index in [-0.39, 0.29) is 12.0 Å². The number of aliphatic hydroxyl groups is 1. The van der Waals surface area contributed by atoms with Crippen LogP contribution in [0.3, 0.4) is 0 Å². The molecule has 3 rings (SSSR count). The first kappa shape index (κ1) is 11.7. The number of hydrogen-bond acceptors (Lipinski definition) is 3. The van der Waals surface area contributed by atoms with Crippen molar-refractivity contribution < 1.29 is 13.9 Å². The SMILES string of the molecule is OC1CC(c2cc(F)ccc2F)n2nc(Br)nc21. The van der Waals surface area contributed by atoms with E-state index in [9.17, 15) is 13.9 Å². The number of nitrogens with zero attached hydrogens (tertiary/aromatic N) is 3. The van der Waals surface area contributed by atoms with Gasteiger partial charge in [0, 0.05) is 12.0 Å². The van der Waals surface area contributed by atoms with Gasteiger partial charge in [0.1, 0.15) is 17.7 Å². The van der Waals surface area contributed by atoms with Crippen molar-refractivity contribution in [2.45, 2.75) is 18.6 Å². The fourth-order valence-electron chi connectivity index (χ4n) is 2.21. The number of aromatic nitrogens is 3. The van der Waals surface area contributed by atoms with Crippen LogP contribution in [0.1, 0.15) is 30.0 Å². The Morgan fingerprint density at radius 1 is 1.39 bits per heavy atom. The Morgan fingerprint density at radius 2 is 2.17 bits per heavy atom. The summed E-state index contributed by atoms with van der Waals surface area (Å²) in [6.45, 7) is 0. The molecule has 1 aliphatic heterocycles. The van der Waals surface area contributed by atoms with Gasteiger partial charge < -0.3 is 5.11 Å². The molecule has 0 aliphatic carbocycles. The van der Waals surface area contributed by atoms with Crippen LogP contribution < -0.4 is 0 Å². The molecule has 0 amide bonds. The number of hydrogen-bond donors (Lipinski definition) is 1. The zero-order chi connectivity index (χ0) is 12.9. The van der Waals surface area contributed by atoms with Crippen molar-refractivity contribution in [3.8, 4) is 0 Å². The van der Waals surface area contributed by atoms with Crippen molar-refractivity contribution in [1.29, 1.82) is 0 Å². The van der Waals surface area contributed by atoms with Gasteiger partial charge in [-0.1, -0.05) is 0 Å². The van der Waals surface area contributed by atoms with Gasteiger partial charge in [0.25, 0.3) is 0 Å². The third-order valence-electron chi connectivity index (χ3n) is 2.99. The van der Waals surface area contributed by atoms with Crippen LogP contribution in [0.4, 0.5) is 8.78 Å². The lowest BCUT2D eigenvalue weighted by molar-refractivity contribution is 0.171. The summed E-state index contributed by atoms with van der Waals surface area (Å²) < 4.78 is 28.7. The summed E-state index contributed by atoms with van der Waals surface area (Å²) in [5, 5.41) is 13.9. The molecule has 1 aliphatic rings. The molecule has 1 aromatic carbocycles. The number of rotatable bonds is 1. The minimum Gasteiger partial charge on any atom is -0.385 e. The molecule has 0 spiro atoms. The van der Waals surface area contributed by atoms with E-state index in [0.717, 1.165) is 18.2 Å². The highest BCUT2D eigenvalue weighted by Crippen LogP contribution is 2.38. The first-order chi connectivity index (χ1) is 8.56. The maximum atomic E-state index is 13.7. The molecule has 7 heteroatoms. The average molecular weight is 316 g/mol. The van der Waals surface area contributed by atoms with Gasteiger partial charge in [0.15, 0.2) is 5.82 Å². The molecule has 18 heavy (non-hydrogen) atoms. The highest BCUT2D eigenvalue weighted by atomic mass is 79.9. The summed E-state index contributed by atoms with van der Waals surface area (Å²) in [7, 11) is 0. The summed E-state index contributed by atoms with van der Waals surface area (Å²) >= 11 is 3.10. The first-order valence-corrected chi connectivity index (χ1v) is 6.10. The molecule has 2 heterocycles. The minimum absolute atomic E-state index is 0.171. The molecule has 1 N–H and O–H groups in total. The zero-order valence-corrected chi connectivity index (χ0v) is 10.6. The predicted molar refractivity (Wildman–Crippen MR) is 61.8 cm³/mol. The van der Waals surface area contributed by atoms with Gasteiger partial charge in [-0.05, 0) is 34.1 Å². The number of benzene rings is 1. The van der Waals surface area contributed by atoms with Gasteiger partial charge in [0.05, 0.1) is 6.04 Å². The summed E-state index contributed by atoms with van der Waals surface area (Å²) in [4.78, 5) is 4.00. The molecule has 0 bridgehead atoms. The Kier molecular flexibility index (Phi) is 2.67. The highest BCUT2D eigenvalue weighted by Gasteiger charge is 2.35.